The van der Waals surface area contributed by atoms with Crippen LogP contribution in [0.4, 0.5) is 5.13 Å². The van der Waals surface area contributed by atoms with E-state index in [1.54, 1.807) is 0 Å². The van der Waals surface area contributed by atoms with Gasteiger partial charge in [-0.3, -0.25) is 10.1 Å². The van der Waals surface area contributed by atoms with Crippen LogP contribution < -0.4 is 11.1 Å². The Kier molecular flexibility index (Phi) is 3.35. The number of carbonyl (C=O) groups excluding carboxylic acids is 1. The molecule has 16 heavy (non-hydrogen) atoms. The van der Waals surface area contributed by atoms with Crippen LogP contribution in [0.3, 0.4) is 0 Å². The standard InChI is InChI=1S/C10H18N4OS/c1-6-13-14-8(16-6)12-7(15)9(2,3)10(4,5)11/h11H2,1-5H3,(H,12,14,15). The highest BCUT2D eigenvalue weighted by Gasteiger charge is 2.40. The van der Waals surface area contributed by atoms with Gasteiger partial charge in [0.1, 0.15) is 5.01 Å². The van der Waals surface area contributed by atoms with Gasteiger partial charge in [0.15, 0.2) is 0 Å². The highest BCUT2D eigenvalue weighted by atomic mass is 32.1. The number of nitrogens with zero attached hydrogens (tertiary/aromatic N) is 2. The maximum atomic E-state index is 12.0. The highest BCUT2D eigenvalue weighted by Crippen LogP contribution is 2.30. The van der Waals surface area contributed by atoms with Gasteiger partial charge in [-0.1, -0.05) is 11.3 Å². The zero-order valence-corrected chi connectivity index (χ0v) is 11.1. The Morgan fingerprint density at radius 3 is 2.25 bits per heavy atom. The Balaban J connectivity index is 2.80. The molecule has 90 valence electrons. The minimum atomic E-state index is -0.674. The number of anilines is 1. The third-order valence-electron chi connectivity index (χ3n) is 2.92. The predicted molar refractivity (Wildman–Crippen MR) is 65.3 cm³/mol. The average molecular weight is 242 g/mol. The number of amides is 1. The van der Waals surface area contributed by atoms with Crippen molar-refractivity contribution < 1.29 is 4.79 Å². The normalized spacial score (nSPS) is 12.6. The van der Waals surface area contributed by atoms with Gasteiger partial charge >= 0.3 is 0 Å². The summed E-state index contributed by atoms with van der Waals surface area (Å²) in [4.78, 5) is 12.0. The minimum Gasteiger partial charge on any atom is -0.325 e. The van der Waals surface area contributed by atoms with Gasteiger partial charge in [0, 0.05) is 5.54 Å². The SMILES string of the molecule is Cc1nnc(NC(=O)C(C)(C)C(C)(C)N)s1. The molecule has 3 N–H and O–H groups in total. The summed E-state index contributed by atoms with van der Waals surface area (Å²) in [5, 5.41) is 11.8. The molecule has 0 aliphatic rings. The van der Waals surface area contributed by atoms with E-state index in [0.29, 0.717) is 5.13 Å². The van der Waals surface area contributed by atoms with Crippen LogP contribution in [0.2, 0.25) is 0 Å². The molecule has 0 aromatic carbocycles. The summed E-state index contributed by atoms with van der Waals surface area (Å²) in [6.07, 6.45) is 0. The zero-order chi connectivity index (χ0) is 12.6. The number of aryl methyl sites for hydroxylation is 1. The van der Waals surface area contributed by atoms with E-state index in [2.05, 4.69) is 15.5 Å². The molecule has 0 saturated heterocycles. The van der Waals surface area contributed by atoms with Crippen molar-refractivity contribution in [3.8, 4) is 0 Å². The first-order valence-corrected chi connectivity index (χ1v) is 5.86. The Labute approximate surface area is 99.5 Å². The van der Waals surface area contributed by atoms with E-state index >= 15 is 0 Å². The summed E-state index contributed by atoms with van der Waals surface area (Å²) >= 11 is 1.35. The van der Waals surface area contributed by atoms with Gasteiger partial charge in [-0.15, -0.1) is 10.2 Å². The molecule has 0 saturated carbocycles. The van der Waals surface area contributed by atoms with Gasteiger partial charge in [-0.25, -0.2) is 0 Å². The fourth-order valence-corrected chi connectivity index (χ4v) is 1.48. The number of nitrogens with two attached hydrogens (primary N) is 1. The van der Waals surface area contributed by atoms with Crippen molar-refractivity contribution in [1.82, 2.24) is 10.2 Å². The average Bonchev–Trinajstić information content (AvgIpc) is 2.49. The monoisotopic (exact) mass is 242 g/mol. The first-order valence-electron chi connectivity index (χ1n) is 5.05. The molecule has 1 aromatic heterocycles. The predicted octanol–water partition coefficient (Wildman–Crippen LogP) is 1.55. The zero-order valence-electron chi connectivity index (χ0n) is 10.3. The summed E-state index contributed by atoms with van der Waals surface area (Å²) in [5.74, 6) is -0.142. The first kappa shape index (κ1) is 13.1. The summed E-state index contributed by atoms with van der Waals surface area (Å²) in [7, 11) is 0. The molecule has 0 aliphatic carbocycles. The van der Waals surface area contributed by atoms with Crippen molar-refractivity contribution in [2.24, 2.45) is 11.1 Å². The molecule has 1 rings (SSSR count). The van der Waals surface area contributed by atoms with Crippen LogP contribution in [0, 0.1) is 12.3 Å². The minimum absolute atomic E-state index is 0.142. The fraction of sp³-hybridized carbons (Fsp3) is 0.700. The topological polar surface area (TPSA) is 80.9 Å². The number of rotatable bonds is 3. The van der Waals surface area contributed by atoms with Crippen LogP contribution in [0.15, 0.2) is 0 Å². The molecule has 6 heteroatoms. The second-order valence-corrected chi connectivity index (χ2v) is 6.11. The van der Waals surface area contributed by atoms with E-state index in [-0.39, 0.29) is 5.91 Å². The summed E-state index contributed by atoms with van der Waals surface area (Å²) < 4.78 is 0. The molecule has 0 unspecified atom stereocenters. The third-order valence-corrected chi connectivity index (χ3v) is 3.68. The van der Waals surface area contributed by atoms with Gasteiger partial charge < -0.3 is 5.73 Å². The molecule has 0 aliphatic heterocycles. The van der Waals surface area contributed by atoms with Crippen molar-refractivity contribution >= 4 is 22.4 Å². The van der Waals surface area contributed by atoms with Gasteiger partial charge in [0.25, 0.3) is 0 Å². The maximum absolute atomic E-state index is 12.0. The molecule has 0 bridgehead atoms. The van der Waals surface area contributed by atoms with E-state index < -0.39 is 11.0 Å². The lowest BCUT2D eigenvalue weighted by Gasteiger charge is -2.36. The Bertz CT molecular complexity index is 392. The van der Waals surface area contributed by atoms with Gasteiger partial charge in [0.2, 0.25) is 11.0 Å². The van der Waals surface area contributed by atoms with Gasteiger partial charge in [0.05, 0.1) is 5.41 Å². The summed E-state index contributed by atoms with van der Waals surface area (Å²) in [6, 6.07) is 0. The van der Waals surface area contributed by atoms with Crippen molar-refractivity contribution in [2.75, 3.05) is 5.32 Å². The smallest absolute Gasteiger partial charge is 0.233 e. The van der Waals surface area contributed by atoms with Crippen molar-refractivity contribution in [3.63, 3.8) is 0 Å². The number of hydrogen-bond acceptors (Lipinski definition) is 5. The molecule has 0 atom stereocenters. The second-order valence-electron chi connectivity index (χ2n) is 4.93. The molecular weight excluding hydrogens is 224 g/mol. The lowest BCUT2D eigenvalue weighted by molar-refractivity contribution is -0.126. The largest absolute Gasteiger partial charge is 0.325 e. The van der Waals surface area contributed by atoms with Crippen molar-refractivity contribution in [3.05, 3.63) is 5.01 Å². The van der Waals surface area contributed by atoms with Crippen LogP contribution in [-0.2, 0) is 4.79 Å². The van der Waals surface area contributed by atoms with Crippen LogP contribution in [0.25, 0.3) is 0 Å². The fourth-order valence-electron chi connectivity index (χ4n) is 0.893. The molecule has 5 nitrogen and oxygen atoms in total. The van der Waals surface area contributed by atoms with Crippen LogP contribution >= 0.6 is 11.3 Å². The molecular formula is C10H18N4OS. The van der Waals surface area contributed by atoms with Crippen molar-refractivity contribution in [1.29, 1.82) is 0 Å². The Hall–Kier alpha value is -1.01. The number of carbonyl (C=O) groups is 1. The van der Waals surface area contributed by atoms with E-state index in [9.17, 15) is 4.79 Å². The first-order chi connectivity index (χ1) is 7.14. The van der Waals surface area contributed by atoms with E-state index in [1.807, 2.05) is 34.6 Å². The van der Waals surface area contributed by atoms with E-state index in [1.165, 1.54) is 11.3 Å². The number of hydrogen-bond donors (Lipinski definition) is 2. The Morgan fingerprint density at radius 1 is 1.31 bits per heavy atom. The van der Waals surface area contributed by atoms with E-state index in [0.717, 1.165) is 5.01 Å². The molecule has 0 fully saturated rings. The Morgan fingerprint density at radius 2 is 1.88 bits per heavy atom. The molecule has 1 aromatic rings. The summed E-state index contributed by atoms with van der Waals surface area (Å²) in [6.45, 7) is 9.13. The second kappa shape index (κ2) is 4.10. The van der Waals surface area contributed by atoms with Crippen LogP contribution in [0.1, 0.15) is 32.7 Å². The summed E-state index contributed by atoms with van der Waals surface area (Å²) in [5.41, 5.74) is 4.71. The van der Waals surface area contributed by atoms with Crippen molar-refractivity contribution in [2.45, 2.75) is 40.2 Å². The third kappa shape index (κ3) is 2.56. The lowest BCUT2D eigenvalue weighted by Crippen LogP contribution is -2.53. The maximum Gasteiger partial charge on any atom is 0.233 e. The van der Waals surface area contributed by atoms with Crippen LogP contribution in [0.5, 0.6) is 0 Å². The lowest BCUT2D eigenvalue weighted by atomic mass is 9.74. The number of nitrogens with one attached hydrogen (secondary N) is 1. The molecule has 0 spiro atoms. The number of aromatic nitrogens is 2. The van der Waals surface area contributed by atoms with Gasteiger partial charge in [-0.05, 0) is 34.6 Å². The highest BCUT2D eigenvalue weighted by molar-refractivity contribution is 7.15. The molecule has 1 heterocycles. The quantitative estimate of drug-likeness (QED) is 0.842. The molecule has 0 radical (unpaired) electrons. The van der Waals surface area contributed by atoms with Gasteiger partial charge in [-0.2, -0.15) is 0 Å². The van der Waals surface area contributed by atoms with Crippen LogP contribution in [-0.4, -0.2) is 21.6 Å². The van der Waals surface area contributed by atoms with E-state index in [4.69, 9.17) is 5.73 Å². The molecule has 1 amide bonds.